The van der Waals surface area contributed by atoms with E-state index in [0.29, 0.717) is 24.4 Å². The number of nitrogens with zero attached hydrogens (tertiary/aromatic N) is 2. The number of hydrogen-bond acceptors (Lipinski definition) is 3. The van der Waals surface area contributed by atoms with Crippen LogP contribution >= 0.6 is 0 Å². The Labute approximate surface area is 122 Å². The Hall–Kier alpha value is -2.17. The molecule has 1 unspecified atom stereocenters. The number of carbonyl (C=O) groups is 1. The molecule has 5 heteroatoms. The summed E-state index contributed by atoms with van der Waals surface area (Å²) in [7, 11) is 0. The number of aromatic nitrogens is 1. The summed E-state index contributed by atoms with van der Waals surface area (Å²) in [6.07, 6.45) is 2.45. The molecule has 0 N–H and O–H groups in total. The molecule has 1 fully saturated rings. The van der Waals surface area contributed by atoms with Gasteiger partial charge in [0.25, 0.3) is 5.91 Å². The Morgan fingerprint density at radius 2 is 2.33 bits per heavy atom. The highest BCUT2D eigenvalue weighted by atomic mass is 19.1. The van der Waals surface area contributed by atoms with Gasteiger partial charge >= 0.3 is 0 Å². The van der Waals surface area contributed by atoms with E-state index in [0.717, 1.165) is 18.4 Å². The highest BCUT2D eigenvalue weighted by molar-refractivity contribution is 5.92. The molecule has 0 radical (unpaired) electrons. The van der Waals surface area contributed by atoms with Crippen molar-refractivity contribution in [1.82, 2.24) is 10.1 Å². The van der Waals surface area contributed by atoms with E-state index in [1.807, 2.05) is 13.0 Å². The van der Waals surface area contributed by atoms with Gasteiger partial charge in [-0.3, -0.25) is 4.79 Å². The van der Waals surface area contributed by atoms with Crippen molar-refractivity contribution in [2.45, 2.75) is 32.2 Å². The number of halogens is 1. The topological polar surface area (TPSA) is 46.3 Å². The minimum Gasteiger partial charge on any atom is -0.361 e. The standard InChI is InChI=1S/C16H17FN2O2/c1-2-13-10-14(18-21-13)16(20)19-8-4-7-15(19)11-5-3-6-12(17)9-11/h3,5-6,9-10,15H,2,4,7-8H2,1H3. The lowest BCUT2D eigenvalue weighted by Gasteiger charge is -2.24. The number of aryl methyl sites for hydroxylation is 1. The molecule has 1 amide bonds. The van der Waals surface area contributed by atoms with Crippen molar-refractivity contribution in [3.8, 4) is 0 Å². The molecule has 3 rings (SSSR count). The molecule has 21 heavy (non-hydrogen) atoms. The van der Waals surface area contributed by atoms with Crippen molar-refractivity contribution < 1.29 is 13.7 Å². The summed E-state index contributed by atoms with van der Waals surface area (Å²) in [5.41, 5.74) is 1.16. The maximum atomic E-state index is 13.4. The quantitative estimate of drug-likeness (QED) is 0.870. The van der Waals surface area contributed by atoms with Gasteiger partial charge in [-0.05, 0) is 30.5 Å². The van der Waals surface area contributed by atoms with Crippen LogP contribution in [0.15, 0.2) is 34.9 Å². The molecule has 0 aliphatic carbocycles. The molecule has 1 saturated heterocycles. The lowest BCUT2D eigenvalue weighted by Crippen LogP contribution is -2.30. The molecule has 1 aliphatic rings. The van der Waals surface area contributed by atoms with Gasteiger partial charge in [-0.25, -0.2) is 4.39 Å². The molecule has 0 saturated carbocycles. The fourth-order valence-electron chi connectivity index (χ4n) is 2.80. The fourth-order valence-corrected chi connectivity index (χ4v) is 2.80. The summed E-state index contributed by atoms with van der Waals surface area (Å²) >= 11 is 0. The summed E-state index contributed by atoms with van der Waals surface area (Å²) in [6.45, 7) is 2.61. The molecule has 2 aromatic rings. The average molecular weight is 288 g/mol. The summed E-state index contributed by atoms with van der Waals surface area (Å²) < 4.78 is 18.5. The van der Waals surface area contributed by atoms with Crippen LogP contribution < -0.4 is 0 Å². The van der Waals surface area contributed by atoms with Gasteiger partial charge in [-0.1, -0.05) is 24.2 Å². The summed E-state index contributed by atoms with van der Waals surface area (Å²) in [5.74, 6) is 0.270. The molecule has 0 bridgehead atoms. The van der Waals surface area contributed by atoms with Crippen LogP contribution in [0.3, 0.4) is 0 Å². The van der Waals surface area contributed by atoms with E-state index < -0.39 is 0 Å². The van der Waals surface area contributed by atoms with Crippen molar-refractivity contribution >= 4 is 5.91 Å². The zero-order valence-electron chi connectivity index (χ0n) is 11.9. The minimum atomic E-state index is -0.276. The van der Waals surface area contributed by atoms with Crippen LogP contribution in [-0.4, -0.2) is 22.5 Å². The van der Waals surface area contributed by atoms with Gasteiger partial charge in [-0.15, -0.1) is 0 Å². The Bertz CT molecular complexity index is 653. The maximum absolute atomic E-state index is 13.4. The first-order valence-electron chi connectivity index (χ1n) is 7.21. The first-order valence-corrected chi connectivity index (χ1v) is 7.21. The monoisotopic (exact) mass is 288 g/mol. The maximum Gasteiger partial charge on any atom is 0.276 e. The molecule has 0 spiro atoms. The third-order valence-corrected chi connectivity index (χ3v) is 3.87. The SMILES string of the molecule is CCc1cc(C(=O)N2CCCC2c2cccc(F)c2)no1. The Morgan fingerprint density at radius 3 is 3.05 bits per heavy atom. The van der Waals surface area contributed by atoms with Gasteiger partial charge in [0.1, 0.15) is 11.6 Å². The van der Waals surface area contributed by atoms with E-state index in [9.17, 15) is 9.18 Å². The molecule has 2 heterocycles. The number of benzene rings is 1. The van der Waals surface area contributed by atoms with E-state index in [1.165, 1.54) is 12.1 Å². The molecule has 1 aliphatic heterocycles. The largest absolute Gasteiger partial charge is 0.361 e. The van der Waals surface area contributed by atoms with Crippen molar-refractivity contribution in [2.75, 3.05) is 6.54 Å². The lowest BCUT2D eigenvalue weighted by atomic mass is 10.0. The van der Waals surface area contributed by atoms with Crippen LogP contribution in [-0.2, 0) is 6.42 Å². The van der Waals surface area contributed by atoms with Gasteiger partial charge in [0.15, 0.2) is 5.69 Å². The van der Waals surface area contributed by atoms with Crippen LogP contribution in [0, 0.1) is 5.82 Å². The first kappa shape index (κ1) is 13.8. The predicted molar refractivity (Wildman–Crippen MR) is 75.3 cm³/mol. The average Bonchev–Trinajstić information content (AvgIpc) is 3.15. The van der Waals surface area contributed by atoms with Crippen LogP contribution in [0.1, 0.15) is 47.6 Å². The molecular formula is C16H17FN2O2. The van der Waals surface area contributed by atoms with Gasteiger partial charge in [-0.2, -0.15) is 0 Å². The second kappa shape index (κ2) is 5.68. The van der Waals surface area contributed by atoms with Gasteiger partial charge in [0.2, 0.25) is 0 Å². The Balaban J connectivity index is 1.85. The van der Waals surface area contributed by atoms with E-state index in [2.05, 4.69) is 5.16 Å². The summed E-state index contributed by atoms with van der Waals surface area (Å²) in [6, 6.07) is 8.04. The van der Waals surface area contributed by atoms with Crippen LogP contribution in [0.25, 0.3) is 0 Å². The predicted octanol–water partition coefficient (Wildman–Crippen LogP) is 3.35. The van der Waals surface area contributed by atoms with E-state index in [-0.39, 0.29) is 17.8 Å². The number of amides is 1. The second-order valence-electron chi connectivity index (χ2n) is 5.24. The van der Waals surface area contributed by atoms with Crippen molar-refractivity contribution in [1.29, 1.82) is 0 Å². The first-order chi connectivity index (χ1) is 10.2. The Kier molecular flexibility index (Phi) is 3.73. The molecule has 1 aromatic carbocycles. The fraction of sp³-hybridized carbons (Fsp3) is 0.375. The van der Waals surface area contributed by atoms with Crippen LogP contribution in [0.5, 0.6) is 0 Å². The van der Waals surface area contributed by atoms with Gasteiger partial charge in [0.05, 0.1) is 6.04 Å². The van der Waals surface area contributed by atoms with Crippen LogP contribution in [0.2, 0.25) is 0 Å². The zero-order valence-corrected chi connectivity index (χ0v) is 11.9. The summed E-state index contributed by atoms with van der Waals surface area (Å²) in [4.78, 5) is 14.3. The minimum absolute atomic E-state index is 0.0880. The lowest BCUT2D eigenvalue weighted by molar-refractivity contribution is 0.0725. The normalized spacial score (nSPS) is 18.2. The number of rotatable bonds is 3. The Morgan fingerprint density at radius 1 is 1.48 bits per heavy atom. The highest BCUT2D eigenvalue weighted by Crippen LogP contribution is 2.33. The van der Waals surface area contributed by atoms with Crippen LogP contribution in [0.4, 0.5) is 4.39 Å². The highest BCUT2D eigenvalue weighted by Gasteiger charge is 2.32. The summed E-state index contributed by atoms with van der Waals surface area (Å²) in [5, 5.41) is 3.84. The molecule has 110 valence electrons. The second-order valence-corrected chi connectivity index (χ2v) is 5.24. The van der Waals surface area contributed by atoms with E-state index in [1.54, 1.807) is 17.0 Å². The molecular weight excluding hydrogens is 271 g/mol. The van der Waals surface area contributed by atoms with Crippen molar-refractivity contribution in [2.24, 2.45) is 0 Å². The zero-order chi connectivity index (χ0) is 14.8. The number of hydrogen-bond donors (Lipinski definition) is 0. The number of carbonyl (C=O) groups excluding carboxylic acids is 1. The molecule has 4 nitrogen and oxygen atoms in total. The molecule has 1 atom stereocenters. The van der Waals surface area contributed by atoms with Crippen molar-refractivity contribution in [3.63, 3.8) is 0 Å². The van der Waals surface area contributed by atoms with E-state index in [4.69, 9.17) is 4.52 Å². The molecule has 1 aromatic heterocycles. The third kappa shape index (κ3) is 2.68. The van der Waals surface area contributed by atoms with Gasteiger partial charge < -0.3 is 9.42 Å². The van der Waals surface area contributed by atoms with Crippen molar-refractivity contribution in [3.05, 3.63) is 53.2 Å². The smallest absolute Gasteiger partial charge is 0.276 e. The van der Waals surface area contributed by atoms with E-state index >= 15 is 0 Å². The number of likely N-dealkylation sites (tertiary alicyclic amines) is 1. The third-order valence-electron chi connectivity index (χ3n) is 3.87. The van der Waals surface area contributed by atoms with Gasteiger partial charge in [0, 0.05) is 19.0 Å².